The number of amides is 1. The second-order valence-electron chi connectivity index (χ2n) is 4.93. The van der Waals surface area contributed by atoms with Crippen LogP contribution >= 0.6 is 0 Å². The van der Waals surface area contributed by atoms with Gasteiger partial charge in [0.05, 0.1) is 12.6 Å². The van der Waals surface area contributed by atoms with Crippen molar-refractivity contribution in [3.05, 3.63) is 0 Å². The van der Waals surface area contributed by atoms with Gasteiger partial charge in [-0.15, -0.1) is 0 Å². The van der Waals surface area contributed by atoms with Gasteiger partial charge in [0.2, 0.25) is 5.91 Å². The molecule has 2 fully saturated rings. The Labute approximate surface area is 110 Å². The molecule has 0 spiro atoms. The number of carbonyl (C=O) groups is 3. The number of rotatable bonds is 4. The predicted octanol–water partition coefficient (Wildman–Crippen LogP) is -0.644. The number of likely N-dealkylation sites (tertiary alicyclic amines) is 1. The molecule has 0 aromatic rings. The third-order valence-corrected chi connectivity index (χ3v) is 3.58. The molecule has 7 heteroatoms. The predicted molar refractivity (Wildman–Crippen MR) is 64.3 cm³/mol. The average Bonchev–Trinajstić information content (AvgIpc) is 2.98. The highest BCUT2D eigenvalue weighted by molar-refractivity contribution is 5.88. The first kappa shape index (κ1) is 13.8. The zero-order valence-electron chi connectivity index (χ0n) is 10.8. The zero-order chi connectivity index (χ0) is 14.0. The zero-order valence-corrected chi connectivity index (χ0v) is 10.8. The first-order valence-electron chi connectivity index (χ1n) is 6.46. The van der Waals surface area contributed by atoms with Gasteiger partial charge in [-0.05, 0) is 19.8 Å². The maximum absolute atomic E-state index is 12.2. The van der Waals surface area contributed by atoms with E-state index in [4.69, 9.17) is 9.84 Å². The van der Waals surface area contributed by atoms with Crippen LogP contribution in [0.5, 0.6) is 0 Å². The Bertz CT molecular complexity index is 398. The standard InChI is InChI=1S/C12H18N2O5/c1-7(13-8-4-6-19-12(8)18)10(15)14-5-2-3-9(14)11(16)17/h7-9,13H,2-6H2,1H3,(H,16,17)/t7-,8?,9-/m0/s1. The minimum Gasteiger partial charge on any atom is -0.480 e. The number of carboxylic acid groups (broad SMARTS) is 1. The van der Waals surface area contributed by atoms with Gasteiger partial charge in [-0.25, -0.2) is 4.79 Å². The van der Waals surface area contributed by atoms with Crippen molar-refractivity contribution in [1.29, 1.82) is 0 Å². The molecule has 0 aromatic heterocycles. The molecule has 3 atom stereocenters. The summed E-state index contributed by atoms with van der Waals surface area (Å²) in [4.78, 5) is 35.9. The van der Waals surface area contributed by atoms with E-state index in [2.05, 4.69) is 5.32 Å². The molecule has 19 heavy (non-hydrogen) atoms. The van der Waals surface area contributed by atoms with Gasteiger partial charge in [-0.2, -0.15) is 0 Å². The lowest BCUT2D eigenvalue weighted by Gasteiger charge is -2.26. The molecular weight excluding hydrogens is 252 g/mol. The summed E-state index contributed by atoms with van der Waals surface area (Å²) >= 11 is 0. The van der Waals surface area contributed by atoms with Crippen LogP contribution in [0.3, 0.4) is 0 Å². The summed E-state index contributed by atoms with van der Waals surface area (Å²) in [6.07, 6.45) is 1.72. The van der Waals surface area contributed by atoms with Crippen molar-refractivity contribution in [3.8, 4) is 0 Å². The Balaban J connectivity index is 1.94. The van der Waals surface area contributed by atoms with E-state index in [1.165, 1.54) is 4.90 Å². The number of hydrogen-bond acceptors (Lipinski definition) is 5. The Kier molecular flexibility index (Phi) is 4.04. The Morgan fingerprint density at radius 3 is 2.79 bits per heavy atom. The van der Waals surface area contributed by atoms with E-state index in [0.717, 1.165) is 0 Å². The number of aliphatic carboxylic acids is 1. The number of ether oxygens (including phenoxy) is 1. The molecule has 0 aliphatic carbocycles. The monoisotopic (exact) mass is 270 g/mol. The van der Waals surface area contributed by atoms with Gasteiger partial charge in [-0.3, -0.25) is 14.9 Å². The highest BCUT2D eigenvalue weighted by Crippen LogP contribution is 2.19. The molecule has 2 aliphatic heterocycles. The normalized spacial score (nSPS) is 28.3. The van der Waals surface area contributed by atoms with E-state index in [1.54, 1.807) is 6.92 Å². The Morgan fingerprint density at radius 2 is 2.21 bits per heavy atom. The smallest absolute Gasteiger partial charge is 0.326 e. The molecule has 1 unspecified atom stereocenters. The minimum atomic E-state index is -0.974. The molecule has 0 radical (unpaired) electrons. The molecule has 0 saturated carbocycles. The fraction of sp³-hybridized carbons (Fsp3) is 0.750. The van der Waals surface area contributed by atoms with Crippen molar-refractivity contribution >= 4 is 17.8 Å². The van der Waals surface area contributed by atoms with E-state index in [9.17, 15) is 14.4 Å². The number of esters is 1. The number of nitrogens with zero attached hydrogens (tertiary/aromatic N) is 1. The number of cyclic esters (lactones) is 1. The van der Waals surface area contributed by atoms with Crippen molar-refractivity contribution in [2.45, 2.75) is 44.3 Å². The summed E-state index contributed by atoms with van der Waals surface area (Å²) in [5.74, 6) is -1.60. The van der Waals surface area contributed by atoms with E-state index >= 15 is 0 Å². The quantitative estimate of drug-likeness (QED) is 0.659. The van der Waals surface area contributed by atoms with Crippen LogP contribution in [-0.4, -0.2) is 59.1 Å². The summed E-state index contributed by atoms with van der Waals surface area (Å²) in [6.45, 7) is 2.46. The third kappa shape index (κ3) is 2.86. The minimum absolute atomic E-state index is 0.274. The fourth-order valence-corrected chi connectivity index (χ4v) is 2.56. The highest BCUT2D eigenvalue weighted by atomic mass is 16.5. The molecule has 1 amide bonds. The van der Waals surface area contributed by atoms with Crippen molar-refractivity contribution in [2.75, 3.05) is 13.2 Å². The SMILES string of the molecule is C[C@H](NC1CCOC1=O)C(=O)N1CCC[C@H]1C(=O)O. The molecule has 2 aliphatic rings. The average molecular weight is 270 g/mol. The highest BCUT2D eigenvalue weighted by Gasteiger charge is 2.37. The second kappa shape index (κ2) is 5.56. The van der Waals surface area contributed by atoms with Gasteiger partial charge < -0.3 is 14.7 Å². The number of nitrogens with one attached hydrogen (secondary N) is 1. The molecule has 0 bridgehead atoms. The lowest BCUT2D eigenvalue weighted by molar-refractivity contribution is -0.149. The van der Waals surface area contributed by atoms with Crippen LogP contribution in [0.2, 0.25) is 0 Å². The van der Waals surface area contributed by atoms with Gasteiger partial charge in [0.25, 0.3) is 0 Å². The number of hydrogen-bond donors (Lipinski definition) is 2. The number of carboxylic acids is 1. The van der Waals surface area contributed by atoms with E-state index in [-0.39, 0.29) is 11.9 Å². The summed E-state index contributed by atoms with van der Waals surface area (Å²) < 4.78 is 4.81. The van der Waals surface area contributed by atoms with Crippen LogP contribution in [0.4, 0.5) is 0 Å². The first-order valence-corrected chi connectivity index (χ1v) is 6.46. The first-order chi connectivity index (χ1) is 9.00. The largest absolute Gasteiger partial charge is 0.480 e. The second-order valence-corrected chi connectivity index (χ2v) is 4.93. The lowest BCUT2D eigenvalue weighted by Crippen LogP contribution is -2.52. The number of carbonyl (C=O) groups excluding carboxylic acids is 2. The molecule has 2 heterocycles. The van der Waals surface area contributed by atoms with E-state index in [0.29, 0.717) is 32.4 Å². The van der Waals surface area contributed by atoms with Gasteiger partial charge in [0.15, 0.2) is 0 Å². The van der Waals surface area contributed by atoms with Crippen LogP contribution in [0.25, 0.3) is 0 Å². The van der Waals surface area contributed by atoms with Gasteiger partial charge in [0.1, 0.15) is 12.1 Å². The van der Waals surface area contributed by atoms with Gasteiger partial charge >= 0.3 is 11.9 Å². The fourth-order valence-electron chi connectivity index (χ4n) is 2.56. The van der Waals surface area contributed by atoms with Gasteiger partial charge in [-0.1, -0.05) is 0 Å². The van der Waals surface area contributed by atoms with Crippen LogP contribution in [-0.2, 0) is 19.1 Å². The summed E-state index contributed by atoms with van der Waals surface area (Å²) in [6, 6.07) is -1.80. The third-order valence-electron chi connectivity index (χ3n) is 3.58. The van der Waals surface area contributed by atoms with Crippen LogP contribution in [0, 0.1) is 0 Å². The van der Waals surface area contributed by atoms with Gasteiger partial charge in [0, 0.05) is 13.0 Å². The molecule has 7 nitrogen and oxygen atoms in total. The topological polar surface area (TPSA) is 95.9 Å². The molecule has 2 rings (SSSR count). The molecule has 0 aromatic carbocycles. The van der Waals surface area contributed by atoms with Crippen molar-refractivity contribution in [1.82, 2.24) is 10.2 Å². The summed E-state index contributed by atoms with van der Waals surface area (Å²) in [5.41, 5.74) is 0. The summed E-state index contributed by atoms with van der Waals surface area (Å²) in [7, 11) is 0. The van der Waals surface area contributed by atoms with Crippen LogP contribution < -0.4 is 5.32 Å². The molecule has 106 valence electrons. The van der Waals surface area contributed by atoms with Crippen molar-refractivity contribution in [3.63, 3.8) is 0 Å². The van der Waals surface area contributed by atoms with Crippen LogP contribution in [0.1, 0.15) is 26.2 Å². The maximum Gasteiger partial charge on any atom is 0.326 e. The molecule has 2 saturated heterocycles. The Hall–Kier alpha value is -1.63. The molecular formula is C12H18N2O5. The van der Waals surface area contributed by atoms with Crippen molar-refractivity contribution < 1.29 is 24.2 Å². The lowest BCUT2D eigenvalue weighted by atomic mass is 10.1. The van der Waals surface area contributed by atoms with E-state index in [1.807, 2.05) is 0 Å². The maximum atomic E-state index is 12.2. The van der Waals surface area contributed by atoms with E-state index < -0.39 is 24.1 Å². The summed E-state index contributed by atoms with van der Waals surface area (Å²) in [5, 5.41) is 12.0. The molecule has 2 N–H and O–H groups in total. The Morgan fingerprint density at radius 1 is 1.47 bits per heavy atom. The van der Waals surface area contributed by atoms with Crippen molar-refractivity contribution in [2.24, 2.45) is 0 Å². The van der Waals surface area contributed by atoms with Crippen LogP contribution in [0.15, 0.2) is 0 Å².